The second kappa shape index (κ2) is 25.6. The van der Waals surface area contributed by atoms with Crippen LogP contribution in [0.25, 0.3) is 0 Å². The van der Waals surface area contributed by atoms with E-state index in [-0.39, 0.29) is 0 Å². The molecule has 0 radical (unpaired) electrons. The lowest BCUT2D eigenvalue weighted by atomic mass is 10.1. The molecule has 0 aromatic carbocycles. The molecule has 134 valence electrons. The number of allylic oxidation sites excluding steroid dienone is 2. The highest BCUT2D eigenvalue weighted by molar-refractivity contribution is 4.81. The summed E-state index contributed by atoms with van der Waals surface area (Å²) in [5.74, 6) is 0. The summed E-state index contributed by atoms with van der Waals surface area (Å²) in [7, 11) is 0. The summed E-state index contributed by atoms with van der Waals surface area (Å²) in [5.41, 5.74) is 0. The molecule has 0 aliphatic carbocycles. The first-order valence-electron chi connectivity index (χ1n) is 10.1. The molecule has 0 heterocycles. The van der Waals surface area contributed by atoms with E-state index in [0.717, 1.165) is 6.42 Å². The smallest absolute Gasteiger partial charge is 0.0431 e. The zero-order chi connectivity index (χ0) is 16.7. The van der Waals surface area contributed by atoms with Crippen molar-refractivity contribution in [3.8, 4) is 0 Å². The van der Waals surface area contributed by atoms with E-state index < -0.39 is 0 Å². The molecule has 0 spiro atoms. The third-order valence-corrected chi connectivity index (χ3v) is 3.67. The first kappa shape index (κ1) is 24.0. The average molecular weight is 313 g/mol. The molecule has 0 bridgehead atoms. The van der Waals surface area contributed by atoms with E-state index in [1.807, 2.05) is 0 Å². The van der Waals surface area contributed by atoms with E-state index in [2.05, 4.69) is 32.9 Å². The Morgan fingerprint density at radius 1 is 0.545 bits per heavy atom. The Labute approximate surface area is 141 Å². The summed E-state index contributed by atoms with van der Waals surface area (Å²) in [6, 6.07) is 0. The molecule has 0 atom stereocenters. The summed E-state index contributed by atoms with van der Waals surface area (Å²) in [4.78, 5) is 0. The fourth-order valence-corrected chi connectivity index (χ4v) is 2.36. The van der Waals surface area contributed by atoms with Gasteiger partial charge in [-0.25, -0.2) is 0 Å². The second-order valence-electron chi connectivity index (χ2n) is 6.37. The maximum absolute atomic E-state index is 8.66. The lowest BCUT2D eigenvalue weighted by Crippen LogP contribution is -1.83. The predicted octanol–water partition coefficient (Wildman–Crippen LogP) is 7.43. The SMILES string of the molecule is CCC.CCCCCCCC/C=C\CCCCCCCCO. The standard InChI is InChI=1S/C18H36O.C3H8/c1-2-3-4-5-6-7-8-9-10-11-12-13-14-15-16-17-18-19;1-3-2/h9-10,19H,2-8,11-18H2,1H3;3H2,1-2H3/b10-9-;. The van der Waals surface area contributed by atoms with Gasteiger partial charge >= 0.3 is 0 Å². The fourth-order valence-electron chi connectivity index (χ4n) is 2.36. The highest BCUT2D eigenvalue weighted by Crippen LogP contribution is 2.09. The molecule has 0 saturated heterocycles. The van der Waals surface area contributed by atoms with E-state index in [4.69, 9.17) is 5.11 Å². The van der Waals surface area contributed by atoms with Crippen LogP contribution < -0.4 is 0 Å². The van der Waals surface area contributed by atoms with Crippen molar-refractivity contribution in [1.82, 2.24) is 0 Å². The molecular formula is C21H44O. The van der Waals surface area contributed by atoms with Crippen LogP contribution in [0, 0.1) is 0 Å². The van der Waals surface area contributed by atoms with E-state index in [1.54, 1.807) is 0 Å². The molecule has 0 rings (SSSR count). The third kappa shape index (κ3) is 27.9. The van der Waals surface area contributed by atoms with Gasteiger partial charge in [0.15, 0.2) is 0 Å². The Hall–Kier alpha value is -0.300. The minimum atomic E-state index is 0.362. The van der Waals surface area contributed by atoms with Crippen LogP contribution in [0.4, 0.5) is 0 Å². The molecule has 22 heavy (non-hydrogen) atoms. The number of hydrogen-bond donors (Lipinski definition) is 1. The molecule has 1 heteroatoms. The third-order valence-electron chi connectivity index (χ3n) is 3.67. The summed E-state index contributed by atoms with van der Waals surface area (Å²) < 4.78 is 0. The van der Waals surface area contributed by atoms with Gasteiger partial charge in [0.2, 0.25) is 0 Å². The van der Waals surface area contributed by atoms with Crippen molar-refractivity contribution in [2.75, 3.05) is 6.61 Å². The van der Waals surface area contributed by atoms with Crippen molar-refractivity contribution in [3.05, 3.63) is 12.2 Å². The predicted molar refractivity (Wildman–Crippen MR) is 103 cm³/mol. The topological polar surface area (TPSA) is 20.2 Å². The zero-order valence-corrected chi connectivity index (χ0v) is 15.9. The normalized spacial score (nSPS) is 10.7. The Kier molecular flexibility index (Phi) is 27.9. The van der Waals surface area contributed by atoms with Crippen LogP contribution in [0.15, 0.2) is 12.2 Å². The van der Waals surface area contributed by atoms with Gasteiger partial charge in [0.25, 0.3) is 0 Å². The molecular weight excluding hydrogens is 268 g/mol. The van der Waals surface area contributed by atoms with E-state index in [9.17, 15) is 0 Å². The van der Waals surface area contributed by atoms with Crippen molar-refractivity contribution in [2.24, 2.45) is 0 Å². The number of aliphatic hydroxyl groups excluding tert-OH is 1. The van der Waals surface area contributed by atoms with Crippen molar-refractivity contribution in [1.29, 1.82) is 0 Å². The molecule has 1 nitrogen and oxygen atoms in total. The van der Waals surface area contributed by atoms with Gasteiger partial charge in [-0.1, -0.05) is 97.1 Å². The lowest BCUT2D eigenvalue weighted by molar-refractivity contribution is 0.282. The van der Waals surface area contributed by atoms with Crippen LogP contribution in [0.2, 0.25) is 0 Å². The van der Waals surface area contributed by atoms with Crippen LogP contribution in [-0.4, -0.2) is 11.7 Å². The van der Waals surface area contributed by atoms with Gasteiger partial charge in [-0.05, 0) is 32.1 Å². The maximum Gasteiger partial charge on any atom is 0.0431 e. The zero-order valence-electron chi connectivity index (χ0n) is 15.9. The molecule has 1 N–H and O–H groups in total. The molecule has 0 aromatic rings. The highest BCUT2D eigenvalue weighted by atomic mass is 16.2. The van der Waals surface area contributed by atoms with E-state index in [1.165, 1.54) is 89.9 Å². The minimum absolute atomic E-state index is 0.362. The van der Waals surface area contributed by atoms with E-state index in [0.29, 0.717) is 6.61 Å². The van der Waals surface area contributed by atoms with Crippen LogP contribution >= 0.6 is 0 Å². The number of rotatable bonds is 15. The molecule has 0 aliphatic rings. The number of unbranched alkanes of at least 4 members (excludes halogenated alkanes) is 12. The summed E-state index contributed by atoms with van der Waals surface area (Å²) >= 11 is 0. The summed E-state index contributed by atoms with van der Waals surface area (Å²) in [6.07, 6.45) is 24.5. The van der Waals surface area contributed by atoms with Crippen LogP contribution in [0.5, 0.6) is 0 Å². The van der Waals surface area contributed by atoms with Crippen LogP contribution in [0.1, 0.15) is 117 Å². The van der Waals surface area contributed by atoms with Gasteiger partial charge in [0.05, 0.1) is 0 Å². The van der Waals surface area contributed by atoms with Gasteiger partial charge in [-0.3, -0.25) is 0 Å². The molecule has 0 aromatic heterocycles. The van der Waals surface area contributed by atoms with Crippen LogP contribution in [0.3, 0.4) is 0 Å². The summed E-state index contributed by atoms with van der Waals surface area (Å²) in [6.45, 7) is 6.89. The Bertz CT molecular complexity index is 186. The van der Waals surface area contributed by atoms with Crippen LogP contribution in [-0.2, 0) is 0 Å². The second-order valence-corrected chi connectivity index (χ2v) is 6.37. The van der Waals surface area contributed by atoms with Crippen molar-refractivity contribution in [2.45, 2.75) is 117 Å². The minimum Gasteiger partial charge on any atom is -0.396 e. The van der Waals surface area contributed by atoms with Crippen molar-refractivity contribution >= 4 is 0 Å². The number of hydrogen-bond acceptors (Lipinski definition) is 1. The molecule has 0 fully saturated rings. The average Bonchev–Trinajstić information content (AvgIpc) is 2.52. The van der Waals surface area contributed by atoms with Gasteiger partial charge < -0.3 is 5.11 Å². The highest BCUT2D eigenvalue weighted by Gasteiger charge is 1.90. The first-order valence-corrected chi connectivity index (χ1v) is 10.1. The molecule has 0 amide bonds. The largest absolute Gasteiger partial charge is 0.396 e. The van der Waals surface area contributed by atoms with Gasteiger partial charge in [0, 0.05) is 6.61 Å². The molecule has 0 aliphatic heterocycles. The molecule has 0 unspecified atom stereocenters. The van der Waals surface area contributed by atoms with Crippen molar-refractivity contribution in [3.63, 3.8) is 0 Å². The number of aliphatic hydroxyl groups is 1. The summed E-state index contributed by atoms with van der Waals surface area (Å²) in [5, 5.41) is 8.66. The van der Waals surface area contributed by atoms with E-state index >= 15 is 0 Å². The van der Waals surface area contributed by atoms with Gasteiger partial charge in [-0.2, -0.15) is 0 Å². The Morgan fingerprint density at radius 2 is 0.909 bits per heavy atom. The van der Waals surface area contributed by atoms with Gasteiger partial charge in [-0.15, -0.1) is 0 Å². The monoisotopic (exact) mass is 312 g/mol. The Morgan fingerprint density at radius 3 is 1.32 bits per heavy atom. The first-order chi connectivity index (χ1) is 10.8. The Balaban J connectivity index is 0. The quantitative estimate of drug-likeness (QED) is 0.246. The van der Waals surface area contributed by atoms with Crippen molar-refractivity contribution < 1.29 is 5.11 Å². The lowest BCUT2D eigenvalue weighted by Gasteiger charge is -1.99. The maximum atomic E-state index is 8.66. The molecule has 0 saturated carbocycles. The van der Waals surface area contributed by atoms with Gasteiger partial charge in [0.1, 0.15) is 0 Å². The fraction of sp³-hybridized carbons (Fsp3) is 0.905.